The van der Waals surface area contributed by atoms with Gasteiger partial charge in [-0.05, 0) is 23.1 Å². The largest absolute Gasteiger partial charge is 0.347 e. The van der Waals surface area contributed by atoms with E-state index >= 15 is 0 Å². The maximum Gasteiger partial charge on any atom is 0.303 e. The number of aromatic nitrogens is 1. The fourth-order valence-corrected chi connectivity index (χ4v) is 3.62. The molecule has 0 bridgehead atoms. The summed E-state index contributed by atoms with van der Waals surface area (Å²) in [7, 11) is -2.42. The van der Waals surface area contributed by atoms with Crippen molar-refractivity contribution >= 4 is 27.0 Å². The number of carbonyl (C=O) groups excluding carboxylic acids is 1. The molecule has 2 aromatic carbocycles. The zero-order valence-electron chi connectivity index (χ0n) is 14.5. The normalized spacial score (nSPS) is 11.8. The third-order valence-corrected chi connectivity index (χ3v) is 5.60. The van der Waals surface area contributed by atoms with Gasteiger partial charge in [-0.1, -0.05) is 48.5 Å². The molecular weight excluding hydrogens is 350 g/mol. The van der Waals surface area contributed by atoms with Crippen LogP contribution in [0.3, 0.4) is 0 Å². The predicted octanol–water partition coefficient (Wildman–Crippen LogP) is 2.52. The van der Waals surface area contributed by atoms with E-state index in [1.54, 1.807) is 0 Å². The third-order valence-electron chi connectivity index (χ3n) is 4.16. The van der Waals surface area contributed by atoms with E-state index in [1.807, 2.05) is 71.4 Å². The summed E-state index contributed by atoms with van der Waals surface area (Å²) in [6.45, 7) is 0.614. The minimum atomic E-state index is -3.87. The summed E-state index contributed by atoms with van der Waals surface area (Å²) in [6, 6.07) is 19.0. The molecule has 136 valence electrons. The van der Waals surface area contributed by atoms with Gasteiger partial charge >= 0.3 is 10.2 Å². The van der Waals surface area contributed by atoms with Crippen molar-refractivity contribution in [2.45, 2.75) is 19.5 Å². The van der Waals surface area contributed by atoms with Gasteiger partial charge in [-0.15, -0.1) is 0 Å². The number of fused-ring (bicyclic) bond motifs is 1. The lowest BCUT2D eigenvalue weighted by molar-refractivity contribution is -0.119. The average Bonchev–Trinajstić information content (AvgIpc) is 3.03. The van der Waals surface area contributed by atoms with Crippen LogP contribution in [-0.4, -0.2) is 30.2 Å². The summed E-state index contributed by atoms with van der Waals surface area (Å²) in [5.41, 5.74) is 1.87. The van der Waals surface area contributed by atoms with E-state index < -0.39 is 16.1 Å². The Morgan fingerprint density at radius 1 is 1.04 bits per heavy atom. The lowest BCUT2D eigenvalue weighted by atomic mass is 10.2. The molecule has 1 N–H and O–H groups in total. The molecular formula is C19H21N3O3S. The molecule has 0 fully saturated rings. The van der Waals surface area contributed by atoms with Gasteiger partial charge in [0.05, 0.1) is 0 Å². The van der Waals surface area contributed by atoms with E-state index in [-0.39, 0.29) is 13.0 Å². The van der Waals surface area contributed by atoms with Crippen molar-refractivity contribution in [3.63, 3.8) is 0 Å². The van der Waals surface area contributed by atoms with Gasteiger partial charge < -0.3 is 4.57 Å². The van der Waals surface area contributed by atoms with E-state index in [9.17, 15) is 13.2 Å². The first kappa shape index (κ1) is 18.2. The Labute approximate surface area is 153 Å². The Morgan fingerprint density at radius 2 is 1.73 bits per heavy atom. The van der Waals surface area contributed by atoms with Gasteiger partial charge in [-0.25, -0.2) is 4.72 Å². The standard InChI is InChI=1S/C19H21N3O3S/c1-21(15-16-7-3-2-4-8-16)26(24,25)20-19(23)12-14-22-13-11-17-9-5-6-10-18(17)22/h2-11,13H,12,14-15H2,1H3,(H,20,23). The van der Waals surface area contributed by atoms with Gasteiger partial charge in [0.2, 0.25) is 5.91 Å². The lowest BCUT2D eigenvalue weighted by Gasteiger charge is -2.17. The van der Waals surface area contributed by atoms with Crippen LogP contribution in [0.2, 0.25) is 0 Å². The number of amides is 1. The van der Waals surface area contributed by atoms with Crippen LogP contribution in [-0.2, 0) is 28.1 Å². The minimum absolute atomic E-state index is 0.0804. The first-order valence-electron chi connectivity index (χ1n) is 8.30. The Kier molecular flexibility index (Phi) is 5.39. The predicted molar refractivity (Wildman–Crippen MR) is 102 cm³/mol. The van der Waals surface area contributed by atoms with Gasteiger partial charge in [-0.2, -0.15) is 12.7 Å². The maximum absolute atomic E-state index is 12.3. The number of hydrogen-bond acceptors (Lipinski definition) is 3. The number of rotatable bonds is 7. The third kappa shape index (κ3) is 4.30. The van der Waals surface area contributed by atoms with Gasteiger partial charge in [0.15, 0.2) is 0 Å². The van der Waals surface area contributed by atoms with Crippen LogP contribution in [0, 0.1) is 0 Å². The molecule has 1 heterocycles. The van der Waals surface area contributed by atoms with Gasteiger partial charge in [0.25, 0.3) is 0 Å². The molecule has 0 unspecified atom stereocenters. The zero-order valence-corrected chi connectivity index (χ0v) is 15.3. The SMILES string of the molecule is CN(Cc1ccccc1)S(=O)(=O)NC(=O)CCn1ccc2ccccc21. The molecule has 1 aromatic heterocycles. The summed E-state index contributed by atoms with van der Waals surface area (Å²) in [5.74, 6) is -0.525. The van der Waals surface area contributed by atoms with E-state index in [1.165, 1.54) is 7.05 Å². The second-order valence-corrected chi connectivity index (χ2v) is 7.87. The first-order valence-corrected chi connectivity index (χ1v) is 9.74. The van der Waals surface area contributed by atoms with Crippen molar-refractivity contribution in [2.24, 2.45) is 0 Å². The molecule has 0 saturated carbocycles. The topological polar surface area (TPSA) is 71.4 Å². The summed E-state index contributed by atoms with van der Waals surface area (Å²) >= 11 is 0. The zero-order chi connectivity index (χ0) is 18.6. The van der Waals surface area contributed by atoms with Crippen LogP contribution in [0.1, 0.15) is 12.0 Å². The maximum atomic E-state index is 12.3. The van der Waals surface area contributed by atoms with E-state index in [2.05, 4.69) is 4.72 Å². The van der Waals surface area contributed by atoms with Crippen molar-refractivity contribution in [2.75, 3.05) is 7.05 Å². The molecule has 0 aliphatic heterocycles. The molecule has 0 aliphatic carbocycles. The van der Waals surface area contributed by atoms with Crippen LogP contribution in [0.25, 0.3) is 10.9 Å². The number of nitrogens with one attached hydrogen (secondary N) is 1. The van der Waals surface area contributed by atoms with Crippen LogP contribution in [0.5, 0.6) is 0 Å². The molecule has 0 aliphatic rings. The summed E-state index contributed by atoms with van der Waals surface area (Å²) in [6.07, 6.45) is 1.98. The van der Waals surface area contributed by atoms with Crippen LogP contribution < -0.4 is 4.72 Å². The number of hydrogen-bond donors (Lipinski definition) is 1. The first-order chi connectivity index (χ1) is 12.5. The Balaban J connectivity index is 1.58. The molecule has 0 radical (unpaired) electrons. The van der Waals surface area contributed by atoms with Crippen molar-refractivity contribution < 1.29 is 13.2 Å². The van der Waals surface area contributed by atoms with Crippen molar-refractivity contribution in [1.82, 2.24) is 13.6 Å². The van der Waals surface area contributed by atoms with Crippen molar-refractivity contribution in [3.8, 4) is 0 Å². The van der Waals surface area contributed by atoms with Crippen molar-refractivity contribution in [3.05, 3.63) is 72.4 Å². The van der Waals surface area contributed by atoms with Gasteiger partial charge in [0, 0.05) is 38.3 Å². The molecule has 0 atom stereocenters. The van der Waals surface area contributed by atoms with Crippen LogP contribution >= 0.6 is 0 Å². The van der Waals surface area contributed by atoms with Crippen LogP contribution in [0.4, 0.5) is 0 Å². The Hall–Kier alpha value is -2.64. The second kappa shape index (κ2) is 7.72. The molecule has 3 aromatic rings. The van der Waals surface area contributed by atoms with E-state index in [0.717, 1.165) is 20.8 Å². The molecule has 0 spiro atoms. The molecule has 1 amide bonds. The molecule has 26 heavy (non-hydrogen) atoms. The Bertz CT molecular complexity index is 997. The highest BCUT2D eigenvalue weighted by molar-refractivity contribution is 7.87. The van der Waals surface area contributed by atoms with Gasteiger partial charge in [0.1, 0.15) is 0 Å². The molecule has 0 saturated heterocycles. The smallest absolute Gasteiger partial charge is 0.303 e. The molecule has 7 heteroatoms. The summed E-state index contributed by atoms with van der Waals surface area (Å²) < 4.78 is 29.8. The minimum Gasteiger partial charge on any atom is -0.347 e. The number of para-hydroxylation sites is 1. The number of nitrogens with zero attached hydrogens (tertiary/aromatic N) is 2. The van der Waals surface area contributed by atoms with E-state index in [0.29, 0.717) is 6.54 Å². The molecule has 6 nitrogen and oxygen atoms in total. The quantitative estimate of drug-likeness (QED) is 0.694. The highest BCUT2D eigenvalue weighted by Crippen LogP contribution is 2.15. The summed E-state index contributed by atoms with van der Waals surface area (Å²) in [5, 5.41) is 1.09. The van der Waals surface area contributed by atoms with E-state index in [4.69, 9.17) is 0 Å². The van der Waals surface area contributed by atoms with Crippen LogP contribution in [0.15, 0.2) is 66.9 Å². The van der Waals surface area contributed by atoms with Gasteiger partial charge in [-0.3, -0.25) is 4.79 Å². The lowest BCUT2D eigenvalue weighted by Crippen LogP contribution is -2.41. The monoisotopic (exact) mass is 371 g/mol. The number of benzene rings is 2. The highest BCUT2D eigenvalue weighted by Gasteiger charge is 2.20. The second-order valence-electron chi connectivity index (χ2n) is 6.09. The fourth-order valence-electron chi connectivity index (χ4n) is 2.76. The average molecular weight is 371 g/mol. The number of carbonyl (C=O) groups is 1. The molecule has 3 rings (SSSR count). The fraction of sp³-hybridized carbons (Fsp3) is 0.211. The highest BCUT2D eigenvalue weighted by atomic mass is 32.2. The summed E-state index contributed by atoms with van der Waals surface area (Å²) in [4.78, 5) is 12.1. The van der Waals surface area contributed by atoms with Crippen molar-refractivity contribution in [1.29, 1.82) is 0 Å². The Morgan fingerprint density at radius 3 is 2.50 bits per heavy atom. The number of aryl methyl sites for hydroxylation is 1.